The maximum Gasteiger partial charge on any atom is 0.328 e. The van der Waals surface area contributed by atoms with Crippen LogP contribution in [-0.2, 0) is 102 Å². The van der Waals surface area contributed by atoms with Crippen molar-refractivity contribution in [3.05, 3.63) is 18.2 Å². The van der Waals surface area contributed by atoms with E-state index in [0.29, 0.717) is 12.1 Å². The Hall–Kier alpha value is -12.6. The summed E-state index contributed by atoms with van der Waals surface area (Å²) in [5, 5.41) is 102. The minimum Gasteiger partial charge on any atom is -0.481 e. The largest absolute Gasteiger partial charge is 0.481 e. The number of aromatic nitrogens is 2. The van der Waals surface area contributed by atoms with Gasteiger partial charge in [-0.05, 0) is 123 Å². The SMILES string of the molecule is CC(C)C[C@H](NC(=O)[C@H](CS)NC(=O)[C@@H]1CCCN1C(=O)[C@H](Cc1cnc[nH]1)NC(=O)[C@H](CC(C)C)NC(=O)[C@H](CO)NC(=O)CNC(=O)[C@@H]1CCCN1C(=O)[C@H](C)NC(=O)[C@H](CCCNC(=N)N)NC(=O)[C@H](CCCNC(=N)N)NC(=O)[C@H](C)NC(=O)[C@H](CCC(=O)O)NC(=O)[C@@H]1CCCN1C(=O)[C@@H](N)CC(=O)O)C(=O)N[C@@H](C)C(=O)N[C@@H](C)C(=O)N[C@@H](CO)C(=O)O. The van der Waals surface area contributed by atoms with Gasteiger partial charge in [-0.15, -0.1) is 0 Å². The number of carboxylic acids is 3. The second-order valence-electron chi connectivity index (χ2n) is 32.3. The molecule has 0 radical (unpaired) electrons. The molecule has 3 saturated heterocycles. The lowest BCUT2D eigenvalue weighted by Gasteiger charge is -2.31. The first-order chi connectivity index (χ1) is 60.7. The zero-order chi connectivity index (χ0) is 96.8. The van der Waals surface area contributed by atoms with Crippen molar-refractivity contribution in [3.63, 3.8) is 0 Å². The fraction of sp³-hybridized carbons (Fsp3) is 0.675. The van der Waals surface area contributed by atoms with Gasteiger partial charge in [0.1, 0.15) is 96.7 Å². The fourth-order valence-corrected chi connectivity index (χ4v) is 14.3. The van der Waals surface area contributed by atoms with Crippen molar-refractivity contribution in [2.75, 3.05) is 58.2 Å². The molecule has 129 heavy (non-hydrogen) atoms. The quantitative estimate of drug-likeness (QED) is 0.0125. The highest BCUT2D eigenvalue weighted by atomic mass is 32.1. The normalized spacial score (nSPS) is 17.9. The summed E-state index contributed by atoms with van der Waals surface area (Å²) in [7, 11) is 0. The first-order valence-electron chi connectivity index (χ1n) is 42.2. The average molecular weight is 1850 g/mol. The smallest absolute Gasteiger partial charge is 0.328 e. The second kappa shape index (κ2) is 53.9. The van der Waals surface area contributed by atoms with Gasteiger partial charge < -0.3 is 147 Å². The standard InChI is InChI=1S/C77H126N26O25S/c1-36(2)26-47(65(117)90-38(5)59(111)88-39(6)61(113)99-51(33-105)75(127)128)97-68(120)52(34-129)100-71(123)55-18-13-25-103(55)74(126)49(28-42-30-83-35-87-42)98-66(118)48(27-37(3)4)96-67(119)50(32-104)92-56(106)31-86-69(121)53-16-11-23-101(53)72(124)41(8)91-62(114)44(14-9-21-84-76(79)80)94-64(116)45(15-10-22-85-77(81)82)93-60(112)40(7)89-63(115)46(19-20-57(107)108)95-70(122)54-17-12-24-102(54)73(125)43(78)29-58(109)110/h30,35-41,43-55,104-105,129H,9-29,31-34,78H2,1-8H3,(H,83,87)(H,86,121)(H,88,111)(H,89,115)(H,90,117)(H,91,114)(H,92,106)(H,93,112)(H,94,116)(H,95,122)(H,96,119)(H,97,120)(H,98,118)(H,99,113)(H,100,123)(H,107,108)(H,109,110)(H,127,128)(H4,79,80,84)(H4,81,82,85)/t38-,39-,40-,41-,43-,44-,45-,46-,47-,48-,49-,50-,51-,52-,53-,54-,55-/m0/s1. The number of amides is 17. The van der Waals surface area contributed by atoms with Crippen LogP contribution in [-0.4, -0.2) is 341 Å². The number of nitrogens with two attached hydrogens (primary N) is 3. The number of carbonyl (C=O) groups is 20. The van der Waals surface area contributed by atoms with E-state index in [-0.39, 0.29) is 127 Å². The third-order valence-corrected chi connectivity index (χ3v) is 21.2. The van der Waals surface area contributed by atoms with Crippen LogP contribution in [0.5, 0.6) is 0 Å². The van der Waals surface area contributed by atoms with Gasteiger partial charge in [-0.25, -0.2) is 9.78 Å². The van der Waals surface area contributed by atoms with Crippen LogP contribution in [0.15, 0.2) is 12.5 Å². The van der Waals surface area contributed by atoms with E-state index < -0.39 is 272 Å². The molecule has 0 spiro atoms. The minimum absolute atomic E-state index is 0.00599. The van der Waals surface area contributed by atoms with Gasteiger partial charge in [0.05, 0.1) is 38.5 Å². The maximum atomic E-state index is 14.8. The van der Waals surface area contributed by atoms with Crippen LogP contribution in [0, 0.1) is 22.7 Å². The van der Waals surface area contributed by atoms with Crippen molar-refractivity contribution in [1.82, 2.24) is 110 Å². The summed E-state index contributed by atoms with van der Waals surface area (Å²) in [5.41, 5.74) is 17.1. The van der Waals surface area contributed by atoms with E-state index in [1.165, 1.54) is 45.1 Å². The molecule has 0 aromatic carbocycles. The number of nitrogens with one attached hydrogen (secondary N) is 19. The van der Waals surface area contributed by atoms with Crippen LogP contribution in [0.1, 0.15) is 157 Å². The molecule has 0 aliphatic carbocycles. The van der Waals surface area contributed by atoms with Gasteiger partial charge in [-0.3, -0.25) is 102 Å². The van der Waals surface area contributed by atoms with Crippen LogP contribution >= 0.6 is 12.6 Å². The minimum atomic E-state index is -1.77. The van der Waals surface area contributed by atoms with Crippen molar-refractivity contribution < 1.29 is 121 Å². The number of thiol groups is 1. The Morgan fingerprint density at radius 3 is 1.27 bits per heavy atom. The number of imidazole rings is 1. The summed E-state index contributed by atoms with van der Waals surface area (Å²) in [6.45, 7) is 9.05. The summed E-state index contributed by atoms with van der Waals surface area (Å²) in [6, 6.07) is -24.5. The third kappa shape index (κ3) is 36.2. The molecule has 17 amide bonds. The Morgan fingerprint density at radius 2 is 0.829 bits per heavy atom. The molecule has 3 aliphatic rings. The van der Waals surface area contributed by atoms with Crippen molar-refractivity contribution in [1.29, 1.82) is 10.8 Å². The van der Waals surface area contributed by atoms with E-state index in [1.54, 1.807) is 27.7 Å². The molecule has 1 aromatic heterocycles. The molecule has 0 unspecified atom stereocenters. The number of nitrogens with zero attached hydrogens (tertiary/aromatic N) is 4. The first-order valence-corrected chi connectivity index (χ1v) is 42.9. The molecule has 0 saturated carbocycles. The van der Waals surface area contributed by atoms with Crippen molar-refractivity contribution in [3.8, 4) is 0 Å². The Bertz CT molecular complexity index is 4150. The number of carbonyl (C=O) groups excluding carboxylic acids is 17. The lowest BCUT2D eigenvalue weighted by molar-refractivity contribution is -0.144. The highest BCUT2D eigenvalue weighted by Crippen LogP contribution is 2.24. The van der Waals surface area contributed by atoms with Gasteiger partial charge in [0.25, 0.3) is 0 Å². The highest BCUT2D eigenvalue weighted by molar-refractivity contribution is 7.80. The Kier molecular flexibility index (Phi) is 45.4. The van der Waals surface area contributed by atoms with Gasteiger partial charge in [-0.2, -0.15) is 12.6 Å². The molecule has 52 heteroatoms. The zero-order valence-corrected chi connectivity index (χ0v) is 74.1. The number of H-pyrrole nitrogens is 1. The van der Waals surface area contributed by atoms with E-state index >= 15 is 0 Å². The van der Waals surface area contributed by atoms with Crippen LogP contribution < -0.4 is 102 Å². The highest BCUT2D eigenvalue weighted by Gasteiger charge is 2.44. The predicted octanol–water partition coefficient (Wildman–Crippen LogP) is -10.3. The summed E-state index contributed by atoms with van der Waals surface area (Å²) >= 11 is 4.29. The molecule has 4 heterocycles. The number of aliphatic hydroxyl groups excluding tert-OH is 2. The molecule has 1 aromatic rings. The maximum absolute atomic E-state index is 14.8. The van der Waals surface area contributed by atoms with E-state index in [0.717, 1.165) is 9.80 Å². The monoisotopic (exact) mass is 1850 g/mol. The van der Waals surface area contributed by atoms with E-state index in [4.69, 9.17) is 28.0 Å². The number of aliphatic hydroxyl groups is 2. The number of likely N-dealkylation sites (tertiary alicyclic amines) is 3. The van der Waals surface area contributed by atoms with E-state index in [1.807, 2.05) is 0 Å². The van der Waals surface area contributed by atoms with Crippen LogP contribution in [0.4, 0.5) is 0 Å². The molecule has 720 valence electrons. The number of carboxylic acid groups (broad SMARTS) is 3. The van der Waals surface area contributed by atoms with E-state index in [2.05, 4.69) is 108 Å². The van der Waals surface area contributed by atoms with Gasteiger partial charge in [-0.1, -0.05) is 27.7 Å². The van der Waals surface area contributed by atoms with Crippen LogP contribution in [0.25, 0.3) is 0 Å². The molecule has 3 aliphatic heterocycles. The van der Waals surface area contributed by atoms with Gasteiger partial charge in [0.15, 0.2) is 11.9 Å². The lowest BCUT2D eigenvalue weighted by atomic mass is 10.0. The Labute approximate surface area is 748 Å². The van der Waals surface area contributed by atoms with Gasteiger partial charge in [0, 0.05) is 63.2 Å². The summed E-state index contributed by atoms with van der Waals surface area (Å²) in [5.74, 6) is -21.6. The summed E-state index contributed by atoms with van der Waals surface area (Å²) < 4.78 is 0. The second-order valence-corrected chi connectivity index (χ2v) is 32.7. The number of guanidine groups is 2. The van der Waals surface area contributed by atoms with Gasteiger partial charge in [0.2, 0.25) is 100 Å². The molecule has 17 atom stereocenters. The van der Waals surface area contributed by atoms with Crippen LogP contribution in [0.2, 0.25) is 0 Å². The molecular formula is C77H126N26O25S. The predicted molar refractivity (Wildman–Crippen MR) is 457 cm³/mol. The zero-order valence-electron chi connectivity index (χ0n) is 73.2. The summed E-state index contributed by atoms with van der Waals surface area (Å²) in [6.07, 6.45) is 1.17. The lowest BCUT2D eigenvalue weighted by Crippen LogP contribution is -2.61. The number of hydrogen-bond acceptors (Lipinski definition) is 27. The fourth-order valence-electron chi connectivity index (χ4n) is 14.1. The number of rotatable bonds is 54. The van der Waals surface area contributed by atoms with Crippen LogP contribution in [0.3, 0.4) is 0 Å². The van der Waals surface area contributed by atoms with Crippen molar-refractivity contribution in [2.24, 2.45) is 29.0 Å². The van der Waals surface area contributed by atoms with Crippen molar-refractivity contribution in [2.45, 2.75) is 261 Å². The number of aromatic amines is 1. The molecule has 3 fully saturated rings. The molecule has 0 bridgehead atoms. The Balaban J connectivity index is 1.43. The number of aliphatic carboxylic acids is 3. The number of hydrogen-bond donors (Lipinski definition) is 28. The molecular weight excluding hydrogens is 1720 g/mol. The first kappa shape index (κ1) is 109. The van der Waals surface area contributed by atoms with Crippen molar-refractivity contribution >= 4 is 143 Å². The molecule has 51 nitrogen and oxygen atoms in total. The molecule has 30 N–H and O–H groups in total. The topological polar surface area (TPSA) is 799 Å². The van der Waals surface area contributed by atoms with Gasteiger partial charge >= 0.3 is 17.9 Å². The molecule has 4 rings (SSSR count). The Morgan fingerprint density at radius 1 is 0.450 bits per heavy atom. The summed E-state index contributed by atoms with van der Waals surface area (Å²) in [4.78, 5) is 280. The van der Waals surface area contributed by atoms with E-state index in [9.17, 15) is 121 Å². The average Bonchev–Trinajstić information content (AvgIpc) is 1.66. The third-order valence-electron chi connectivity index (χ3n) is 20.9.